The highest BCUT2D eigenvalue weighted by Gasteiger charge is 2.18. The molecule has 11 heteroatoms. The molecule has 0 N–H and O–H groups in total. The van der Waals surface area contributed by atoms with Crippen molar-refractivity contribution in [2.45, 2.75) is 13.8 Å². The van der Waals surface area contributed by atoms with Crippen molar-refractivity contribution in [3.8, 4) is 23.0 Å². The molecule has 33 heavy (non-hydrogen) atoms. The Morgan fingerprint density at radius 1 is 1.21 bits per heavy atom. The lowest BCUT2D eigenvalue weighted by atomic mass is 10.1. The Kier molecular flexibility index (Phi) is 8.14. The van der Waals surface area contributed by atoms with Crippen LogP contribution in [0.4, 0.5) is 10.5 Å². The lowest BCUT2D eigenvalue weighted by Gasteiger charge is -2.12. The van der Waals surface area contributed by atoms with Gasteiger partial charge in [-0.05, 0) is 43.5 Å². The van der Waals surface area contributed by atoms with Gasteiger partial charge in [-0.25, -0.2) is 14.8 Å². The number of carbonyl (C=O) groups is 1. The fourth-order valence-electron chi connectivity index (χ4n) is 2.76. The van der Waals surface area contributed by atoms with Crippen molar-refractivity contribution >= 4 is 34.3 Å². The van der Waals surface area contributed by atoms with Crippen LogP contribution in [-0.4, -0.2) is 59.1 Å². The van der Waals surface area contributed by atoms with Gasteiger partial charge in [-0.1, -0.05) is 5.16 Å². The summed E-state index contributed by atoms with van der Waals surface area (Å²) in [6.45, 7) is 4.02. The van der Waals surface area contributed by atoms with Crippen LogP contribution in [0.5, 0.6) is 11.6 Å². The Balaban J connectivity index is 2.09. The number of methoxy groups -OCH3 is 2. The predicted molar refractivity (Wildman–Crippen MR) is 126 cm³/mol. The topological polar surface area (TPSA) is 121 Å². The quantitative estimate of drug-likeness (QED) is 0.364. The molecule has 3 aromatic rings. The molecule has 0 aliphatic heterocycles. The number of hydrogen-bond donors (Lipinski definition) is 0. The third-order valence-electron chi connectivity index (χ3n) is 4.24. The molecule has 1 aromatic carbocycles. The zero-order chi connectivity index (χ0) is 23.8. The first-order valence-corrected chi connectivity index (χ1v) is 11.1. The number of pyridine rings is 1. The minimum atomic E-state index is -0.735. The van der Waals surface area contributed by atoms with E-state index in [9.17, 15) is 4.79 Å². The average Bonchev–Trinajstić information content (AvgIpc) is 3.27. The molecule has 10 nitrogen and oxygen atoms in total. The minimum Gasteiger partial charge on any atom is -0.488 e. The van der Waals surface area contributed by atoms with E-state index in [4.69, 9.17) is 23.7 Å². The van der Waals surface area contributed by atoms with Gasteiger partial charge in [-0.3, -0.25) is 0 Å². The molecule has 0 saturated carbocycles. The van der Waals surface area contributed by atoms with Crippen LogP contribution in [-0.2, 0) is 4.74 Å². The Morgan fingerprint density at radius 2 is 1.97 bits per heavy atom. The van der Waals surface area contributed by atoms with Gasteiger partial charge in [-0.15, -0.1) is 11.8 Å². The molecule has 0 spiro atoms. The van der Waals surface area contributed by atoms with E-state index >= 15 is 0 Å². The second-order valence-electron chi connectivity index (χ2n) is 6.40. The van der Waals surface area contributed by atoms with Gasteiger partial charge in [0.2, 0.25) is 11.7 Å². The summed E-state index contributed by atoms with van der Waals surface area (Å²) in [5.74, 6) is 1.76. The maximum absolute atomic E-state index is 11.9. The van der Waals surface area contributed by atoms with Gasteiger partial charge in [0.25, 0.3) is 5.88 Å². The molecule has 0 aliphatic carbocycles. The van der Waals surface area contributed by atoms with Gasteiger partial charge < -0.3 is 18.7 Å². The van der Waals surface area contributed by atoms with Crippen molar-refractivity contribution in [2.24, 2.45) is 9.98 Å². The molecule has 1 amide bonds. The minimum absolute atomic E-state index is 0.343. The van der Waals surface area contributed by atoms with Crippen molar-refractivity contribution in [3.05, 3.63) is 48.0 Å². The fourth-order valence-corrected chi connectivity index (χ4v) is 3.29. The number of ether oxygens (including phenoxy) is 3. The summed E-state index contributed by atoms with van der Waals surface area (Å²) in [6.07, 6.45) is 2.64. The highest BCUT2D eigenvalue weighted by molar-refractivity contribution is 8.15. The molecule has 0 aliphatic rings. The summed E-state index contributed by atoms with van der Waals surface area (Å²) >= 11 is 1.25. The van der Waals surface area contributed by atoms with Crippen LogP contribution >= 0.6 is 11.8 Å². The van der Waals surface area contributed by atoms with Gasteiger partial charge in [-0.2, -0.15) is 9.98 Å². The molecular formula is C22H23N5O5S. The summed E-state index contributed by atoms with van der Waals surface area (Å²) in [5, 5.41) is 4.28. The molecule has 172 valence electrons. The molecule has 3 rings (SSSR count). The summed E-state index contributed by atoms with van der Waals surface area (Å²) in [5.41, 5.74) is 2.42. The van der Waals surface area contributed by atoms with Crippen molar-refractivity contribution in [2.75, 3.05) is 27.1 Å². The van der Waals surface area contributed by atoms with Crippen molar-refractivity contribution in [1.82, 2.24) is 15.1 Å². The monoisotopic (exact) mass is 469 g/mol. The number of rotatable bonds is 7. The van der Waals surface area contributed by atoms with E-state index in [2.05, 4.69) is 20.1 Å². The van der Waals surface area contributed by atoms with Gasteiger partial charge in [0.1, 0.15) is 10.8 Å². The van der Waals surface area contributed by atoms with Crippen LogP contribution in [0.15, 0.2) is 51.0 Å². The summed E-state index contributed by atoms with van der Waals surface area (Å²) in [4.78, 5) is 29.2. The molecule has 2 heterocycles. The second kappa shape index (κ2) is 11.2. The number of nitrogens with zero attached hydrogens (tertiary/aromatic N) is 5. The largest absolute Gasteiger partial charge is 0.488 e. The lowest BCUT2D eigenvalue weighted by Crippen LogP contribution is -2.15. The molecule has 0 saturated heterocycles. The smallest absolute Gasteiger partial charge is 0.434 e. The molecule has 2 aromatic heterocycles. The first kappa shape index (κ1) is 23.9. The van der Waals surface area contributed by atoms with Crippen molar-refractivity contribution in [1.29, 1.82) is 0 Å². The number of carbonyl (C=O) groups excluding carboxylic acids is 1. The zero-order valence-corrected chi connectivity index (χ0v) is 19.7. The van der Waals surface area contributed by atoms with E-state index in [1.165, 1.54) is 26.0 Å². The van der Waals surface area contributed by atoms with E-state index < -0.39 is 6.09 Å². The number of aryl methyl sites for hydroxylation is 1. The van der Waals surface area contributed by atoms with Crippen molar-refractivity contribution in [3.63, 3.8) is 0 Å². The number of hydrogen-bond acceptors (Lipinski definition) is 10. The maximum Gasteiger partial charge on any atom is 0.434 e. The zero-order valence-electron chi connectivity index (χ0n) is 18.9. The predicted octanol–water partition coefficient (Wildman–Crippen LogP) is 4.50. The van der Waals surface area contributed by atoms with E-state index in [1.807, 2.05) is 19.1 Å². The van der Waals surface area contributed by atoms with Gasteiger partial charge in [0, 0.05) is 24.2 Å². The van der Waals surface area contributed by atoms with Crippen LogP contribution in [0.1, 0.15) is 18.4 Å². The fraction of sp³-hybridized carbons (Fsp3) is 0.273. The Morgan fingerprint density at radius 3 is 2.55 bits per heavy atom. The van der Waals surface area contributed by atoms with Gasteiger partial charge >= 0.3 is 6.09 Å². The van der Waals surface area contributed by atoms with Gasteiger partial charge in [0.05, 0.1) is 26.5 Å². The van der Waals surface area contributed by atoms with Crippen LogP contribution in [0.2, 0.25) is 0 Å². The lowest BCUT2D eigenvalue weighted by molar-refractivity contribution is 0.183. The number of aromatic nitrogens is 3. The van der Waals surface area contributed by atoms with Crippen molar-refractivity contribution < 1.29 is 23.5 Å². The Bertz CT molecular complexity index is 1170. The molecule has 0 atom stereocenters. The standard InChI is InChI=1S/C22H23N5O5S/c1-6-31-17-11-15(12-23-20(17)29-3)18(21(33-5)26-22(28)30-4)25-16-9-7-14(8-10-16)19-24-13(2)32-27-19/h7-12H,6H2,1-5H3/b25-18+,26-21-. The van der Waals surface area contributed by atoms with Gasteiger partial charge in [0.15, 0.2) is 5.75 Å². The summed E-state index contributed by atoms with van der Waals surface area (Å²) in [7, 11) is 2.78. The number of aliphatic imine (C=N–C) groups is 2. The Labute approximate surface area is 195 Å². The highest BCUT2D eigenvalue weighted by Crippen LogP contribution is 2.28. The molecular weight excluding hydrogens is 446 g/mol. The number of benzene rings is 1. The Hall–Kier alpha value is -3.73. The first-order valence-electron chi connectivity index (χ1n) is 9.86. The third kappa shape index (κ3) is 5.95. The molecule has 0 fully saturated rings. The molecule has 0 radical (unpaired) electrons. The van der Waals surface area contributed by atoms with Crippen LogP contribution in [0, 0.1) is 6.92 Å². The van der Waals surface area contributed by atoms with Crippen LogP contribution < -0.4 is 9.47 Å². The maximum atomic E-state index is 11.9. The summed E-state index contributed by atoms with van der Waals surface area (Å²) in [6, 6.07) is 9.01. The van der Waals surface area contributed by atoms with Crippen LogP contribution in [0.25, 0.3) is 11.4 Å². The van der Waals surface area contributed by atoms with E-state index in [0.29, 0.717) is 52.0 Å². The van der Waals surface area contributed by atoms with E-state index in [1.54, 1.807) is 37.6 Å². The second-order valence-corrected chi connectivity index (χ2v) is 7.19. The molecule has 0 bridgehead atoms. The normalized spacial score (nSPS) is 11.9. The average molecular weight is 470 g/mol. The first-order chi connectivity index (χ1) is 16.0. The SMILES string of the molecule is CCOc1cc(C(=N\c2ccc(-c3noc(C)n3)cc2)/C(=N/C(=O)OC)SC)cnc1OC. The van der Waals surface area contributed by atoms with E-state index in [0.717, 1.165) is 5.56 Å². The molecule has 0 unspecified atom stereocenters. The number of thioether (sulfide) groups is 1. The third-order valence-corrected chi connectivity index (χ3v) is 4.91. The van der Waals surface area contributed by atoms with E-state index in [-0.39, 0.29) is 0 Å². The highest BCUT2D eigenvalue weighted by atomic mass is 32.2. The van der Waals surface area contributed by atoms with Crippen LogP contribution in [0.3, 0.4) is 0 Å². The number of amides is 1. The summed E-state index contributed by atoms with van der Waals surface area (Å²) < 4.78 is 20.7.